The molecule has 0 bridgehead atoms. The van der Waals surface area contributed by atoms with Gasteiger partial charge in [-0.1, -0.05) is 42.6 Å². The normalized spacial score (nSPS) is 13.9. The lowest BCUT2D eigenvalue weighted by atomic mass is 10.00. The first-order valence-corrected chi connectivity index (χ1v) is 6.87. The number of halogens is 2. The fourth-order valence-corrected chi connectivity index (χ4v) is 2.46. The molecule has 19 heavy (non-hydrogen) atoms. The summed E-state index contributed by atoms with van der Waals surface area (Å²) in [5.74, 6) is 0. The molecule has 1 aromatic rings. The van der Waals surface area contributed by atoms with Gasteiger partial charge < -0.3 is 9.84 Å². The Morgan fingerprint density at radius 1 is 1.42 bits per heavy atom. The first kappa shape index (κ1) is 16.2. The number of unbranched alkanes of at least 4 members (excludes halogenated alkanes) is 1. The Labute approximate surface area is 122 Å². The van der Waals surface area contributed by atoms with Crippen LogP contribution >= 0.6 is 23.2 Å². The topological polar surface area (TPSA) is 74.2 Å². The fourth-order valence-electron chi connectivity index (χ4n) is 1.83. The molecule has 0 saturated heterocycles. The average molecular weight is 307 g/mol. The molecule has 0 radical (unpaired) electrons. The zero-order valence-electron chi connectivity index (χ0n) is 10.7. The number of carbonyl (C=O) groups excluding carboxylic acids is 1. The van der Waals surface area contributed by atoms with E-state index in [1.54, 1.807) is 18.2 Å². The summed E-state index contributed by atoms with van der Waals surface area (Å²) in [7, 11) is 0. The van der Waals surface area contributed by atoms with E-state index >= 15 is 0 Å². The predicted octanol–water partition coefficient (Wildman–Crippen LogP) is 2.96. The standard InChI is InChI=1S/C13H17Cl2NO3/c1-2-3-7-10(19-13(16)18)12(17)11-8(14)5-4-6-9(11)15/h4-6,10,12,17H,2-3,7H2,1H3,(H2,16,18)/p+1/t10-,12+/m1/s1. The van der Waals surface area contributed by atoms with Crippen LogP contribution in [0.5, 0.6) is 0 Å². The molecule has 0 aliphatic heterocycles. The van der Waals surface area contributed by atoms with Crippen LogP contribution in [0.15, 0.2) is 18.2 Å². The van der Waals surface area contributed by atoms with Crippen molar-refractivity contribution in [2.45, 2.75) is 38.4 Å². The van der Waals surface area contributed by atoms with Crippen LogP contribution in [0.3, 0.4) is 0 Å². The number of carbonyl (C=O) groups is 1. The molecule has 0 aliphatic carbocycles. The second kappa shape index (κ2) is 7.70. The molecular formula is C13H18Cl2NO3+. The Kier molecular flexibility index (Phi) is 6.58. The van der Waals surface area contributed by atoms with Gasteiger partial charge in [-0.15, -0.1) is 0 Å². The average Bonchev–Trinajstić information content (AvgIpc) is 2.33. The Morgan fingerprint density at radius 3 is 2.47 bits per heavy atom. The third-order valence-corrected chi connectivity index (χ3v) is 3.43. The molecule has 1 amide bonds. The molecule has 1 rings (SSSR count). The zero-order valence-corrected chi connectivity index (χ0v) is 12.2. The van der Waals surface area contributed by atoms with E-state index in [0.29, 0.717) is 22.0 Å². The number of hydrogen-bond donors (Lipinski definition) is 2. The summed E-state index contributed by atoms with van der Waals surface area (Å²) in [5.41, 5.74) is 3.55. The summed E-state index contributed by atoms with van der Waals surface area (Å²) in [4.78, 5) is 11.0. The molecule has 0 spiro atoms. The number of amides is 1. The molecule has 0 fully saturated rings. The Balaban J connectivity index is 2.97. The van der Waals surface area contributed by atoms with E-state index in [1.165, 1.54) is 0 Å². The molecule has 0 saturated carbocycles. The molecule has 4 nitrogen and oxygen atoms in total. The highest BCUT2D eigenvalue weighted by atomic mass is 35.5. The van der Waals surface area contributed by atoms with E-state index in [1.807, 2.05) is 6.92 Å². The minimum absolute atomic E-state index is 0.349. The first-order valence-electron chi connectivity index (χ1n) is 6.12. The largest absolute Gasteiger partial charge is 0.511 e. The monoisotopic (exact) mass is 306 g/mol. The van der Waals surface area contributed by atoms with Gasteiger partial charge in [-0.2, -0.15) is 4.79 Å². The van der Waals surface area contributed by atoms with Crippen LogP contribution in [-0.4, -0.2) is 17.3 Å². The second-order valence-electron chi connectivity index (χ2n) is 4.25. The third kappa shape index (κ3) is 4.66. The van der Waals surface area contributed by atoms with Gasteiger partial charge in [0.15, 0.2) is 0 Å². The van der Waals surface area contributed by atoms with Crippen molar-refractivity contribution in [2.75, 3.05) is 0 Å². The summed E-state index contributed by atoms with van der Waals surface area (Å²) in [6.07, 6.45) is -0.157. The summed E-state index contributed by atoms with van der Waals surface area (Å²) < 4.78 is 5.06. The van der Waals surface area contributed by atoms with Crippen molar-refractivity contribution < 1.29 is 20.4 Å². The van der Waals surface area contributed by atoms with Gasteiger partial charge >= 0.3 is 6.09 Å². The van der Waals surface area contributed by atoms with E-state index in [4.69, 9.17) is 27.9 Å². The Morgan fingerprint density at radius 2 is 2.00 bits per heavy atom. The number of ether oxygens (including phenoxy) is 1. The summed E-state index contributed by atoms with van der Waals surface area (Å²) in [6.45, 7) is 2.01. The van der Waals surface area contributed by atoms with Crippen LogP contribution in [-0.2, 0) is 4.74 Å². The van der Waals surface area contributed by atoms with Crippen molar-refractivity contribution in [3.05, 3.63) is 33.8 Å². The minimum atomic E-state index is -1.06. The molecule has 0 aliphatic rings. The zero-order chi connectivity index (χ0) is 14.4. The summed E-state index contributed by atoms with van der Waals surface area (Å²) in [5, 5.41) is 11.0. The van der Waals surface area contributed by atoms with E-state index in [-0.39, 0.29) is 0 Å². The van der Waals surface area contributed by atoms with E-state index < -0.39 is 18.3 Å². The smallest absolute Gasteiger partial charge is 0.414 e. The van der Waals surface area contributed by atoms with E-state index in [9.17, 15) is 9.90 Å². The molecule has 6 heteroatoms. The number of aliphatic hydroxyl groups excluding tert-OH is 1. The van der Waals surface area contributed by atoms with Gasteiger partial charge in [0.25, 0.3) is 0 Å². The van der Waals surface area contributed by atoms with E-state index in [2.05, 4.69) is 5.73 Å². The van der Waals surface area contributed by atoms with Crippen molar-refractivity contribution in [2.24, 2.45) is 0 Å². The number of benzene rings is 1. The van der Waals surface area contributed by atoms with Crippen molar-refractivity contribution in [3.8, 4) is 0 Å². The summed E-state index contributed by atoms with van der Waals surface area (Å²) in [6, 6.07) is 4.96. The maximum Gasteiger partial charge on any atom is 0.511 e. The summed E-state index contributed by atoms with van der Waals surface area (Å²) >= 11 is 12.1. The van der Waals surface area contributed by atoms with Crippen molar-refractivity contribution in [1.29, 1.82) is 0 Å². The quantitative estimate of drug-likeness (QED) is 0.848. The molecule has 0 heterocycles. The second-order valence-corrected chi connectivity index (χ2v) is 5.07. The Bertz CT molecular complexity index is 420. The van der Waals surface area contributed by atoms with Gasteiger partial charge in [-0.3, -0.25) is 5.73 Å². The molecule has 1 aromatic carbocycles. The SMILES string of the molecule is CCCC[C@@H](OC([NH3+])=O)[C@H](O)c1c(Cl)cccc1Cl. The maximum absolute atomic E-state index is 11.0. The lowest BCUT2D eigenvalue weighted by Crippen LogP contribution is -2.58. The van der Waals surface area contributed by atoms with Gasteiger partial charge in [0.05, 0.1) is 0 Å². The van der Waals surface area contributed by atoms with Gasteiger partial charge in [-0.25, -0.2) is 0 Å². The maximum atomic E-state index is 11.0. The number of aliphatic hydroxyl groups is 1. The van der Waals surface area contributed by atoms with Crippen LogP contribution in [0, 0.1) is 0 Å². The van der Waals surface area contributed by atoms with Crippen LogP contribution in [0.2, 0.25) is 10.0 Å². The molecule has 0 unspecified atom stereocenters. The van der Waals surface area contributed by atoms with Gasteiger partial charge in [-0.05, 0) is 25.0 Å². The molecule has 106 valence electrons. The van der Waals surface area contributed by atoms with Crippen molar-refractivity contribution >= 4 is 29.3 Å². The molecule has 0 aromatic heterocycles. The van der Waals surface area contributed by atoms with Crippen LogP contribution < -0.4 is 5.73 Å². The molecule has 4 N–H and O–H groups in total. The highest BCUT2D eigenvalue weighted by Gasteiger charge is 2.28. The van der Waals surface area contributed by atoms with Crippen LogP contribution in [0.4, 0.5) is 4.79 Å². The highest BCUT2D eigenvalue weighted by Crippen LogP contribution is 2.34. The fraction of sp³-hybridized carbons (Fsp3) is 0.462. The lowest BCUT2D eigenvalue weighted by Gasteiger charge is -2.23. The number of quaternary nitrogens is 1. The molecule has 2 atom stereocenters. The highest BCUT2D eigenvalue weighted by molar-refractivity contribution is 6.36. The van der Waals surface area contributed by atoms with E-state index in [0.717, 1.165) is 12.8 Å². The number of rotatable bonds is 6. The Hall–Kier alpha value is -0.810. The van der Waals surface area contributed by atoms with Crippen molar-refractivity contribution in [1.82, 2.24) is 0 Å². The van der Waals surface area contributed by atoms with Crippen molar-refractivity contribution in [3.63, 3.8) is 0 Å². The van der Waals surface area contributed by atoms with Gasteiger partial charge in [0, 0.05) is 15.6 Å². The van der Waals surface area contributed by atoms with Gasteiger partial charge in [0.1, 0.15) is 12.2 Å². The van der Waals surface area contributed by atoms with Crippen LogP contribution in [0.25, 0.3) is 0 Å². The third-order valence-electron chi connectivity index (χ3n) is 2.77. The predicted molar refractivity (Wildman–Crippen MR) is 74.1 cm³/mol. The molecular weight excluding hydrogens is 289 g/mol. The van der Waals surface area contributed by atoms with Gasteiger partial charge in [0.2, 0.25) is 0 Å². The van der Waals surface area contributed by atoms with Crippen LogP contribution in [0.1, 0.15) is 37.9 Å². The minimum Gasteiger partial charge on any atom is -0.414 e. The lowest BCUT2D eigenvalue weighted by molar-refractivity contribution is -0.291. The number of hydrogen-bond acceptors (Lipinski definition) is 3. The first-order chi connectivity index (χ1) is 8.97.